The highest BCUT2D eigenvalue weighted by atomic mass is 35.5. The average molecular weight is 395 g/mol. The molecule has 2 N–H and O–H groups in total. The van der Waals surface area contributed by atoms with Crippen molar-refractivity contribution in [2.24, 2.45) is 0 Å². The van der Waals surface area contributed by atoms with Crippen molar-refractivity contribution < 1.29 is 18.0 Å². The summed E-state index contributed by atoms with van der Waals surface area (Å²) >= 11 is 5.79. The van der Waals surface area contributed by atoms with E-state index in [1.54, 1.807) is 24.3 Å². The highest BCUT2D eigenvalue weighted by Crippen LogP contribution is 2.16. The van der Waals surface area contributed by atoms with E-state index in [0.29, 0.717) is 17.3 Å². The van der Waals surface area contributed by atoms with E-state index in [-0.39, 0.29) is 28.9 Å². The van der Waals surface area contributed by atoms with E-state index in [4.69, 9.17) is 11.6 Å². The predicted molar refractivity (Wildman–Crippen MR) is 101 cm³/mol. The highest BCUT2D eigenvalue weighted by Gasteiger charge is 2.16. The SMILES string of the molecule is CC(=O)Nc1ccc(S(=O)(=O)CCC(=O)NCc2ccc(Cl)cc2)cc1. The first kappa shape index (κ1) is 19.9. The third kappa shape index (κ3) is 6.16. The van der Waals surface area contributed by atoms with Crippen LogP contribution in [0.2, 0.25) is 5.02 Å². The van der Waals surface area contributed by atoms with E-state index in [1.807, 2.05) is 0 Å². The lowest BCUT2D eigenvalue weighted by Crippen LogP contribution is -2.25. The molecular weight excluding hydrogens is 376 g/mol. The molecule has 0 aliphatic heterocycles. The zero-order valence-corrected chi connectivity index (χ0v) is 15.7. The summed E-state index contributed by atoms with van der Waals surface area (Å²) < 4.78 is 24.6. The second kappa shape index (κ2) is 8.82. The van der Waals surface area contributed by atoms with Crippen LogP contribution in [-0.4, -0.2) is 26.0 Å². The summed E-state index contributed by atoms with van der Waals surface area (Å²) in [6, 6.07) is 12.9. The Morgan fingerprint density at radius 1 is 1.00 bits per heavy atom. The first-order chi connectivity index (χ1) is 12.3. The number of anilines is 1. The number of hydrogen-bond acceptors (Lipinski definition) is 4. The maximum absolute atomic E-state index is 12.3. The van der Waals surface area contributed by atoms with Crippen molar-refractivity contribution >= 4 is 38.9 Å². The van der Waals surface area contributed by atoms with Crippen LogP contribution in [0.4, 0.5) is 5.69 Å². The van der Waals surface area contributed by atoms with Crippen LogP contribution in [0.1, 0.15) is 18.9 Å². The molecule has 2 rings (SSSR count). The third-order valence-corrected chi connectivity index (χ3v) is 5.52. The molecule has 0 unspecified atom stereocenters. The zero-order valence-electron chi connectivity index (χ0n) is 14.2. The number of rotatable bonds is 7. The standard InChI is InChI=1S/C18H19ClN2O4S/c1-13(22)21-16-6-8-17(9-7-16)26(24,25)11-10-18(23)20-12-14-2-4-15(19)5-3-14/h2-9H,10-12H2,1H3,(H,20,23)(H,21,22). The van der Waals surface area contributed by atoms with E-state index in [9.17, 15) is 18.0 Å². The zero-order chi connectivity index (χ0) is 19.2. The molecule has 0 atom stereocenters. The van der Waals surface area contributed by atoms with Gasteiger partial charge in [0.05, 0.1) is 10.6 Å². The molecule has 0 radical (unpaired) electrons. The van der Waals surface area contributed by atoms with Crippen LogP contribution >= 0.6 is 11.6 Å². The number of sulfone groups is 1. The van der Waals surface area contributed by atoms with Gasteiger partial charge in [-0.25, -0.2) is 8.42 Å². The molecule has 0 heterocycles. The van der Waals surface area contributed by atoms with E-state index < -0.39 is 9.84 Å². The Hall–Kier alpha value is -2.38. The third-order valence-electron chi connectivity index (χ3n) is 3.53. The van der Waals surface area contributed by atoms with Gasteiger partial charge in [-0.2, -0.15) is 0 Å². The molecule has 26 heavy (non-hydrogen) atoms. The van der Waals surface area contributed by atoms with Crippen molar-refractivity contribution in [3.63, 3.8) is 0 Å². The molecule has 0 fully saturated rings. The Bertz CT molecular complexity index is 878. The van der Waals surface area contributed by atoms with Gasteiger partial charge >= 0.3 is 0 Å². The van der Waals surface area contributed by atoms with Crippen LogP contribution in [0, 0.1) is 0 Å². The van der Waals surface area contributed by atoms with Gasteiger partial charge in [-0.15, -0.1) is 0 Å². The fourth-order valence-corrected chi connectivity index (χ4v) is 3.55. The monoisotopic (exact) mass is 394 g/mol. The fraction of sp³-hybridized carbons (Fsp3) is 0.222. The van der Waals surface area contributed by atoms with Crippen molar-refractivity contribution in [3.05, 3.63) is 59.1 Å². The van der Waals surface area contributed by atoms with Crippen LogP contribution in [-0.2, 0) is 26.0 Å². The number of carbonyl (C=O) groups is 2. The largest absolute Gasteiger partial charge is 0.352 e. The number of hydrogen-bond donors (Lipinski definition) is 2. The van der Waals surface area contributed by atoms with Crippen molar-refractivity contribution in [2.45, 2.75) is 24.8 Å². The molecule has 6 nitrogen and oxygen atoms in total. The molecule has 2 amide bonds. The number of halogens is 1. The maximum atomic E-state index is 12.3. The van der Waals surface area contributed by atoms with Crippen LogP contribution < -0.4 is 10.6 Å². The van der Waals surface area contributed by atoms with E-state index in [1.165, 1.54) is 31.2 Å². The lowest BCUT2D eigenvalue weighted by molar-refractivity contribution is -0.120. The van der Waals surface area contributed by atoms with Crippen molar-refractivity contribution in [1.29, 1.82) is 0 Å². The minimum Gasteiger partial charge on any atom is -0.352 e. The molecule has 0 saturated carbocycles. The molecular formula is C18H19ClN2O4S. The second-order valence-electron chi connectivity index (χ2n) is 5.68. The first-order valence-corrected chi connectivity index (χ1v) is 9.91. The topological polar surface area (TPSA) is 92.3 Å². The Morgan fingerprint density at radius 3 is 2.19 bits per heavy atom. The summed E-state index contributed by atoms with van der Waals surface area (Å²) in [4.78, 5) is 23.0. The van der Waals surface area contributed by atoms with Crippen molar-refractivity contribution in [2.75, 3.05) is 11.1 Å². The molecule has 2 aromatic carbocycles. The van der Waals surface area contributed by atoms with Gasteiger partial charge in [-0.3, -0.25) is 9.59 Å². The summed E-state index contributed by atoms with van der Waals surface area (Å²) in [5, 5.41) is 5.85. The minimum absolute atomic E-state index is 0.108. The fourth-order valence-electron chi connectivity index (χ4n) is 2.19. The second-order valence-corrected chi connectivity index (χ2v) is 8.22. The van der Waals surface area contributed by atoms with Crippen LogP contribution in [0.5, 0.6) is 0 Å². The Morgan fingerprint density at radius 2 is 1.62 bits per heavy atom. The predicted octanol–water partition coefficient (Wildman–Crippen LogP) is 2.78. The number of amides is 2. The molecule has 138 valence electrons. The normalized spacial score (nSPS) is 11.0. The lowest BCUT2D eigenvalue weighted by Gasteiger charge is -2.08. The lowest BCUT2D eigenvalue weighted by atomic mass is 10.2. The summed E-state index contributed by atoms with van der Waals surface area (Å²) in [6.07, 6.45) is -0.136. The van der Waals surface area contributed by atoms with Crippen LogP contribution in [0.25, 0.3) is 0 Å². The molecule has 0 aromatic heterocycles. The van der Waals surface area contributed by atoms with Gasteiger partial charge in [0.15, 0.2) is 9.84 Å². The first-order valence-electron chi connectivity index (χ1n) is 7.88. The molecule has 0 aliphatic carbocycles. The average Bonchev–Trinajstić information content (AvgIpc) is 2.59. The highest BCUT2D eigenvalue weighted by molar-refractivity contribution is 7.91. The smallest absolute Gasteiger partial charge is 0.221 e. The van der Waals surface area contributed by atoms with Crippen molar-refractivity contribution in [1.82, 2.24) is 5.32 Å². The summed E-state index contributed by atoms with van der Waals surface area (Å²) in [7, 11) is -3.58. The van der Waals surface area contributed by atoms with Crippen LogP contribution in [0.3, 0.4) is 0 Å². The summed E-state index contributed by atoms with van der Waals surface area (Å²) in [5.74, 6) is -0.879. The molecule has 0 aliphatic rings. The quantitative estimate of drug-likeness (QED) is 0.755. The van der Waals surface area contributed by atoms with Gasteiger partial charge in [-0.05, 0) is 42.0 Å². The van der Waals surface area contributed by atoms with Gasteiger partial charge in [0.1, 0.15) is 0 Å². The van der Waals surface area contributed by atoms with Gasteiger partial charge < -0.3 is 10.6 Å². The van der Waals surface area contributed by atoms with Crippen LogP contribution in [0.15, 0.2) is 53.4 Å². The van der Waals surface area contributed by atoms with Gasteiger partial charge in [0.2, 0.25) is 11.8 Å². The summed E-state index contributed by atoms with van der Waals surface area (Å²) in [5.41, 5.74) is 1.39. The van der Waals surface area contributed by atoms with Crippen molar-refractivity contribution in [3.8, 4) is 0 Å². The molecule has 0 spiro atoms. The molecule has 0 bridgehead atoms. The number of carbonyl (C=O) groups excluding carboxylic acids is 2. The Balaban J connectivity index is 1.87. The maximum Gasteiger partial charge on any atom is 0.221 e. The minimum atomic E-state index is -3.58. The molecule has 2 aromatic rings. The van der Waals surface area contributed by atoms with E-state index in [2.05, 4.69) is 10.6 Å². The Labute approximate surface area is 157 Å². The van der Waals surface area contributed by atoms with Gasteiger partial charge in [-0.1, -0.05) is 23.7 Å². The van der Waals surface area contributed by atoms with Gasteiger partial charge in [0, 0.05) is 30.6 Å². The van der Waals surface area contributed by atoms with Gasteiger partial charge in [0.25, 0.3) is 0 Å². The number of benzene rings is 2. The van der Waals surface area contributed by atoms with E-state index in [0.717, 1.165) is 5.56 Å². The van der Waals surface area contributed by atoms with E-state index >= 15 is 0 Å². The summed E-state index contributed by atoms with van der Waals surface area (Å²) in [6.45, 7) is 1.68. The molecule has 8 heteroatoms. The molecule has 0 saturated heterocycles. The number of nitrogens with one attached hydrogen (secondary N) is 2. The Kier molecular flexibility index (Phi) is 6.76.